The number of rotatable bonds is 3. The van der Waals surface area contributed by atoms with E-state index in [1.54, 1.807) is 6.33 Å². The smallest absolute Gasteiger partial charge is 0.133 e. The zero-order valence-corrected chi connectivity index (χ0v) is 12.5. The fourth-order valence-corrected chi connectivity index (χ4v) is 3.54. The molecule has 1 saturated carbocycles. The van der Waals surface area contributed by atoms with E-state index in [9.17, 15) is 0 Å². The Hall–Kier alpha value is -1.16. The van der Waals surface area contributed by atoms with Gasteiger partial charge in [-0.3, -0.25) is 0 Å². The number of anilines is 1. The Morgan fingerprint density at radius 1 is 0.950 bits per heavy atom. The van der Waals surface area contributed by atoms with Crippen molar-refractivity contribution in [3.8, 4) is 0 Å². The minimum Gasteiger partial charge on any atom is -0.367 e. The van der Waals surface area contributed by atoms with Crippen molar-refractivity contribution in [2.45, 2.75) is 69.9 Å². The monoisotopic (exact) mass is 274 g/mol. The van der Waals surface area contributed by atoms with Crippen molar-refractivity contribution in [3.05, 3.63) is 17.6 Å². The normalized spacial score (nSPS) is 26.6. The second kappa shape index (κ2) is 6.53. The summed E-state index contributed by atoms with van der Waals surface area (Å²) in [5.41, 5.74) is 2.67. The Morgan fingerprint density at radius 3 is 2.50 bits per heavy atom. The third kappa shape index (κ3) is 3.11. The first kappa shape index (κ1) is 13.8. The molecule has 2 aliphatic rings. The van der Waals surface area contributed by atoms with Gasteiger partial charge < -0.3 is 10.6 Å². The predicted molar refractivity (Wildman–Crippen MR) is 82.0 cm³/mol. The van der Waals surface area contributed by atoms with Crippen LogP contribution in [0, 0.1) is 0 Å². The molecule has 1 heterocycles. The number of nitrogens with zero attached hydrogens (tertiary/aromatic N) is 2. The Labute approximate surface area is 121 Å². The lowest BCUT2D eigenvalue weighted by atomic mass is 9.91. The minimum atomic E-state index is 0.585. The van der Waals surface area contributed by atoms with Gasteiger partial charge in [-0.1, -0.05) is 6.42 Å². The average Bonchev–Trinajstić information content (AvgIpc) is 2.74. The Bertz CT molecular complexity index is 438. The van der Waals surface area contributed by atoms with Crippen LogP contribution < -0.4 is 10.6 Å². The highest BCUT2D eigenvalue weighted by Gasteiger charge is 2.22. The fraction of sp³-hybridized carbons (Fsp3) is 0.750. The van der Waals surface area contributed by atoms with Gasteiger partial charge in [-0.2, -0.15) is 0 Å². The van der Waals surface area contributed by atoms with Gasteiger partial charge in [0.25, 0.3) is 0 Å². The first-order chi connectivity index (χ1) is 9.86. The molecule has 0 unspecified atom stereocenters. The number of aryl methyl sites for hydroxylation is 1. The first-order valence-corrected chi connectivity index (χ1v) is 8.13. The van der Waals surface area contributed by atoms with Crippen molar-refractivity contribution >= 4 is 5.82 Å². The molecular weight excluding hydrogens is 248 g/mol. The van der Waals surface area contributed by atoms with Crippen LogP contribution in [0.25, 0.3) is 0 Å². The molecule has 4 nitrogen and oxygen atoms in total. The summed E-state index contributed by atoms with van der Waals surface area (Å²) in [6.45, 7) is 0. The zero-order valence-electron chi connectivity index (χ0n) is 12.5. The molecule has 0 amide bonds. The number of aromatic nitrogens is 2. The molecule has 110 valence electrons. The van der Waals surface area contributed by atoms with Gasteiger partial charge in [-0.05, 0) is 58.4 Å². The topological polar surface area (TPSA) is 49.8 Å². The quantitative estimate of drug-likeness (QED) is 0.832. The molecule has 0 aliphatic heterocycles. The lowest BCUT2D eigenvalue weighted by Gasteiger charge is -2.29. The summed E-state index contributed by atoms with van der Waals surface area (Å²) in [5, 5.41) is 7.10. The SMILES string of the molecule is CNC1CCC(Nc2ncnc3c2CCCCC3)CC1. The first-order valence-electron chi connectivity index (χ1n) is 8.13. The van der Waals surface area contributed by atoms with Gasteiger partial charge in [-0.15, -0.1) is 0 Å². The molecule has 0 bridgehead atoms. The highest BCUT2D eigenvalue weighted by Crippen LogP contribution is 2.27. The number of hydrogen-bond donors (Lipinski definition) is 2. The maximum Gasteiger partial charge on any atom is 0.133 e. The summed E-state index contributed by atoms with van der Waals surface area (Å²) in [5.74, 6) is 1.12. The zero-order chi connectivity index (χ0) is 13.8. The Kier molecular flexibility index (Phi) is 4.51. The van der Waals surface area contributed by atoms with Crippen LogP contribution in [-0.4, -0.2) is 29.1 Å². The molecule has 0 spiro atoms. The molecule has 1 aromatic rings. The van der Waals surface area contributed by atoms with E-state index in [2.05, 4.69) is 27.6 Å². The maximum atomic E-state index is 4.53. The summed E-state index contributed by atoms with van der Waals surface area (Å²) < 4.78 is 0. The van der Waals surface area contributed by atoms with Crippen LogP contribution in [0.3, 0.4) is 0 Å². The number of hydrogen-bond acceptors (Lipinski definition) is 4. The summed E-state index contributed by atoms with van der Waals surface area (Å²) in [7, 11) is 2.07. The largest absolute Gasteiger partial charge is 0.367 e. The number of nitrogens with one attached hydrogen (secondary N) is 2. The van der Waals surface area contributed by atoms with Gasteiger partial charge in [0.05, 0.1) is 0 Å². The standard InChI is InChI=1S/C16H26N4/c1-17-12-7-9-13(10-8-12)20-16-14-5-3-2-4-6-15(14)18-11-19-16/h11-13,17H,2-10H2,1H3,(H,18,19,20). The Morgan fingerprint density at radius 2 is 1.70 bits per heavy atom. The van der Waals surface area contributed by atoms with Crippen molar-refractivity contribution in [2.75, 3.05) is 12.4 Å². The molecule has 0 aromatic carbocycles. The lowest BCUT2D eigenvalue weighted by molar-refractivity contribution is 0.371. The van der Waals surface area contributed by atoms with E-state index in [-0.39, 0.29) is 0 Å². The van der Waals surface area contributed by atoms with Gasteiger partial charge >= 0.3 is 0 Å². The predicted octanol–water partition coefficient (Wildman–Crippen LogP) is 2.69. The molecule has 2 N–H and O–H groups in total. The second-order valence-electron chi connectivity index (χ2n) is 6.19. The minimum absolute atomic E-state index is 0.585. The molecule has 20 heavy (non-hydrogen) atoms. The van der Waals surface area contributed by atoms with E-state index in [1.807, 2.05) is 0 Å². The van der Waals surface area contributed by atoms with Gasteiger partial charge in [0.2, 0.25) is 0 Å². The average molecular weight is 274 g/mol. The molecule has 3 rings (SSSR count). The van der Waals surface area contributed by atoms with Crippen molar-refractivity contribution in [1.82, 2.24) is 15.3 Å². The summed E-state index contributed by atoms with van der Waals surface area (Å²) >= 11 is 0. The van der Waals surface area contributed by atoms with Crippen LogP contribution in [0.2, 0.25) is 0 Å². The molecule has 1 aromatic heterocycles. The van der Waals surface area contributed by atoms with Crippen LogP contribution in [0.15, 0.2) is 6.33 Å². The van der Waals surface area contributed by atoms with E-state index in [1.165, 1.54) is 56.2 Å². The summed E-state index contributed by atoms with van der Waals surface area (Å²) in [6.07, 6.45) is 12.9. The van der Waals surface area contributed by atoms with Crippen molar-refractivity contribution in [2.24, 2.45) is 0 Å². The maximum absolute atomic E-state index is 4.53. The molecule has 2 aliphatic carbocycles. The van der Waals surface area contributed by atoms with Crippen LogP contribution in [0.1, 0.15) is 56.2 Å². The third-order valence-corrected chi connectivity index (χ3v) is 4.85. The van der Waals surface area contributed by atoms with Gasteiger partial charge in [0.15, 0.2) is 0 Å². The highest BCUT2D eigenvalue weighted by atomic mass is 15.0. The molecular formula is C16H26N4. The van der Waals surface area contributed by atoms with Gasteiger partial charge in [0, 0.05) is 23.3 Å². The van der Waals surface area contributed by atoms with E-state index in [0.717, 1.165) is 18.7 Å². The lowest BCUT2D eigenvalue weighted by Crippen LogP contribution is -2.35. The fourth-order valence-electron chi connectivity index (χ4n) is 3.54. The number of fused-ring (bicyclic) bond motifs is 1. The molecule has 4 heteroatoms. The molecule has 0 saturated heterocycles. The van der Waals surface area contributed by atoms with Gasteiger partial charge in [-0.25, -0.2) is 9.97 Å². The molecule has 0 atom stereocenters. The second-order valence-corrected chi connectivity index (χ2v) is 6.19. The van der Waals surface area contributed by atoms with Crippen molar-refractivity contribution in [3.63, 3.8) is 0 Å². The highest BCUT2D eigenvalue weighted by molar-refractivity contribution is 5.47. The van der Waals surface area contributed by atoms with Crippen LogP contribution >= 0.6 is 0 Å². The van der Waals surface area contributed by atoms with E-state index in [0.29, 0.717) is 12.1 Å². The van der Waals surface area contributed by atoms with Crippen LogP contribution in [0.5, 0.6) is 0 Å². The molecule has 0 radical (unpaired) electrons. The molecule has 1 fully saturated rings. The summed E-state index contributed by atoms with van der Waals surface area (Å²) in [4.78, 5) is 9.03. The third-order valence-electron chi connectivity index (χ3n) is 4.85. The Balaban J connectivity index is 1.68. The van der Waals surface area contributed by atoms with Crippen molar-refractivity contribution < 1.29 is 0 Å². The van der Waals surface area contributed by atoms with Crippen molar-refractivity contribution in [1.29, 1.82) is 0 Å². The van der Waals surface area contributed by atoms with Gasteiger partial charge in [0.1, 0.15) is 12.1 Å². The van der Waals surface area contributed by atoms with Crippen LogP contribution in [0.4, 0.5) is 5.82 Å². The van der Waals surface area contributed by atoms with E-state index < -0.39 is 0 Å². The summed E-state index contributed by atoms with van der Waals surface area (Å²) in [6, 6.07) is 1.29. The van der Waals surface area contributed by atoms with E-state index >= 15 is 0 Å². The van der Waals surface area contributed by atoms with E-state index in [4.69, 9.17) is 0 Å². The van der Waals surface area contributed by atoms with Crippen LogP contribution in [-0.2, 0) is 12.8 Å².